The molecule has 3 rings (SSSR count). The van der Waals surface area contributed by atoms with Crippen molar-refractivity contribution in [2.75, 3.05) is 6.26 Å². The molecule has 0 aliphatic carbocycles. The van der Waals surface area contributed by atoms with Gasteiger partial charge in [-0.2, -0.15) is 8.42 Å². The molecule has 1 amide bonds. The molecule has 0 radical (unpaired) electrons. The summed E-state index contributed by atoms with van der Waals surface area (Å²) in [6.07, 6.45) is 0.976. The number of nitrogens with zero attached hydrogens (tertiary/aromatic N) is 1. The van der Waals surface area contributed by atoms with Gasteiger partial charge in [0.15, 0.2) is 0 Å². The Hall–Kier alpha value is -3.19. The maximum Gasteiger partial charge on any atom is 0.306 e. The largest absolute Gasteiger partial charge is 0.383 e. The van der Waals surface area contributed by atoms with E-state index in [1.165, 1.54) is 12.1 Å². The fourth-order valence-corrected chi connectivity index (χ4v) is 3.28. The van der Waals surface area contributed by atoms with Gasteiger partial charge in [0.05, 0.1) is 6.26 Å². The van der Waals surface area contributed by atoms with Crippen LogP contribution in [0, 0.1) is 5.82 Å². The van der Waals surface area contributed by atoms with E-state index in [9.17, 15) is 17.6 Å². The van der Waals surface area contributed by atoms with Crippen molar-refractivity contribution in [2.45, 2.75) is 13.1 Å². The fourth-order valence-electron chi connectivity index (χ4n) is 2.82. The third-order valence-corrected chi connectivity index (χ3v) is 4.63. The van der Waals surface area contributed by atoms with Crippen LogP contribution in [0.1, 0.15) is 21.5 Å². The molecule has 5 nitrogen and oxygen atoms in total. The lowest BCUT2D eigenvalue weighted by molar-refractivity contribution is 0.0730. The molecule has 0 atom stereocenters. The molecule has 0 bridgehead atoms. The van der Waals surface area contributed by atoms with Gasteiger partial charge in [0.1, 0.15) is 11.6 Å². The standard InChI is InChI=1S/C22H20FNO4S/c1-29(26,27)28-21-13-9-18(10-14-21)16-24(15-17-7-11-20(23)12-8-17)22(25)19-5-3-2-4-6-19/h2-14H,15-16H2,1H3. The summed E-state index contributed by atoms with van der Waals surface area (Å²) in [5, 5.41) is 0. The first kappa shape index (κ1) is 20.5. The van der Waals surface area contributed by atoms with Crippen molar-refractivity contribution in [3.63, 3.8) is 0 Å². The smallest absolute Gasteiger partial charge is 0.306 e. The Balaban J connectivity index is 1.82. The molecule has 3 aromatic rings. The summed E-state index contributed by atoms with van der Waals surface area (Å²) in [5.41, 5.74) is 2.15. The van der Waals surface area contributed by atoms with E-state index in [1.807, 2.05) is 6.07 Å². The zero-order valence-electron chi connectivity index (χ0n) is 15.8. The first-order valence-electron chi connectivity index (χ1n) is 8.87. The highest BCUT2D eigenvalue weighted by Crippen LogP contribution is 2.18. The van der Waals surface area contributed by atoms with Crippen molar-refractivity contribution in [1.82, 2.24) is 4.90 Å². The summed E-state index contributed by atoms with van der Waals surface area (Å²) in [5.74, 6) is -0.293. The first-order chi connectivity index (χ1) is 13.8. The van der Waals surface area contributed by atoms with Crippen LogP contribution in [0.3, 0.4) is 0 Å². The van der Waals surface area contributed by atoms with Gasteiger partial charge in [-0.1, -0.05) is 42.5 Å². The summed E-state index contributed by atoms with van der Waals surface area (Å²) in [4.78, 5) is 14.7. The molecule has 7 heteroatoms. The number of hydrogen-bond donors (Lipinski definition) is 0. The van der Waals surface area contributed by atoms with Gasteiger partial charge in [-0.05, 0) is 47.5 Å². The summed E-state index contributed by atoms with van der Waals surface area (Å²) in [6.45, 7) is 0.597. The molecule has 0 N–H and O–H groups in total. The molecular formula is C22H20FNO4S. The summed E-state index contributed by atoms with van der Waals surface area (Å²) < 4.78 is 40.5. The van der Waals surface area contributed by atoms with Crippen molar-refractivity contribution < 1.29 is 21.8 Å². The van der Waals surface area contributed by atoms with Gasteiger partial charge >= 0.3 is 10.1 Å². The minimum atomic E-state index is -3.60. The second-order valence-corrected chi connectivity index (χ2v) is 8.16. The number of carbonyl (C=O) groups excluding carboxylic acids is 1. The van der Waals surface area contributed by atoms with Gasteiger partial charge in [-0.15, -0.1) is 0 Å². The summed E-state index contributed by atoms with van der Waals surface area (Å²) in [6, 6.07) is 21.4. The van der Waals surface area contributed by atoms with Gasteiger partial charge in [-0.25, -0.2) is 4.39 Å². The van der Waals surface area contributed by atoms with Crippen LogP contribution in [-0.4, -0.2) is 25.5 Å². The number of rotatable bonds is 7. The fraction of sp³-hybridized carbons (Fsp3) is 0.136. The van der Waals surface area contributed by atoms with Gasteiger partial charge in [0, 0.05) is 18.7 Å². The van der Waals surface area contributed by atoms with Gasteiger partial charge < -0.3 is 9.08 Å². The third-order valence-electron chi connectivity index (χ3n) is 4.14. The monoisotopic (exact) mass is 413 g/mol. The lowest BCUT2D eigenvalue weighted by Gasteiger charge is -2.23. The molecule has 0 fully saturated rings. The van der Waals surface area contributed by atoms with Gasteiger partial charge in [0.25, 0.3) is 5.91 Å². The highest BCUT2D eigenvalue weighted by Gasteiger charge is 2.17. The Bertz CT molecular complexity index is 1070. The average Bonchev–Trinajstić information content (AvgIpc) is 2.69. The molecule has 29 heavy (non-hydrogen) atoms. The normalized spacial score (nSPS) is 11.1. The van der Waals surface area contributed by atoms with E-state index in [-0.39, 0.29) is 17.5 Å². The number of hydrogen-bond acceptors (Lipinski definition) is 4. The Morgan fingerprint density at radius 1 is 0.862 bits per heavy atom. The molecular weight excluding hydrogens is 393 g/mol. The van der Waals surface area contributed by atoms with Crippen LogP contribution < -0.4 is 4.18 Å². The second kappa shape index (κ2) is 8.87. The lowest BCUT2D eigenvalue weighted by Crippen LogP contribution is -2.30. The van der Waals surface area contributed by atoms with Crippen LogP contribution in [0.25, 0.3) is 0 Å². The van der Waals surface area contributed by atoms with Crippen molar-refractivity contribution in [1.29, 1.82) is 0 Å². The zero-order valence-corrected chi connectivity index (χ0v) is 16.6. The van der Waals surface area contributed by atoms with E-state index in [0.717, 1.165) is 17.4 Å². The topological polar surface area (TPSA) is 63.7 Å². The van der Waals surface area contributed by atoms with Crippen molar-refractivity contribution in [2.24, 2.45) is 0 Å². The van der Waals surface area contributed by atoms with Crippen LogP contribution >= 0.6 is 0 Å². The molecule has 3 aromatic carbocycles. The summed E-state index contributed by atoms with van der Waals surface area (Å²) in [7, 11) is -3.60. The molecule has 0 unspecified atom stereocenters. The third kappa shape index (κ3) is 6.15. The quantitative estimate of drug-likeness (QED) is 0.549. The van der Waals surface area contributed by atoms with Crippen LogP contribution in [0.4, 0.5) is 4.39 Å². The molecule has 0 heterocycles. The van der Waals surface area contributed by atoms with Crippen molar-refractivity contribution >= 4 is 16.0 Å². The maximum atomic E-state index is 13.2. The molecule has 0 spiro atoms. The van der Waals surface area contributed by atoms with Crippen LogP contribution in [0.5, 0.6) is 5.75 Å². The van der Waals surface area contributed by atoms with Gasteiger partial charge in [-0.3, -0.25) is 4.79 Å². The Morgan fingerprint density at radius 3 is 1.90 bits per heavy atom. The molecule has 0 aliphatic heterocycles. The van der Waals surface area contributed by atoms with E-state index in [1.54, 1.807) is 65.6 Å². The molecule has 0 saturated heterocycles. The predicted octanol–water partition coefficient (Wildman–Crippen LogP) is 4.01. The molecule has 0 aliphatic rings. The van der Waals surface area contributed by atoms with E-state index >= 15 is 0 Å². The van der Waals surface area contributed by atoms with Crippen LogP contribution in [0.15, 0.2) is 78.9 Å². The van der Waals surface area contributed by atoms with E-state index in [0.29, 0.717) is 18.7 Å². The van der Waals surface area contributed by atoms with Gasteiger partial charge in [0.2, 0.25) is 0 Å². The average molecular weight is 413 g/mol. The molecule has 150 valence electrons. The number of halogens is 1. The Kier molecular flexibility index (Phi) is 6.29. The SMILES string of the molecule is CS(=O)(=O)Oc1ccc(CN(Cc2ccc(F)cc2)C(=O)c2ccccc2)cc1. The summed E-state index contributed by atoms with van der Waals surface area (Å²) >= 11 is 0. The van der Waals surface area contributed by atoms with Crippen LogP contribution in [0.2, 0.25) is 0 Å². The van der Waals surface area contributed by atoms with E-state index < -0.39 is 10.1 Å². The molecule has 0 aromatic heterocycles. The van der Waals surface area contributed by atoms with Crippen molar-refractivity contribution in [3.8, 4) is 5.75 Å². The number of benzene rings is 3. The predicted molar refractivity (Wildman–Crippen MR) is 108 cm³/mol. The van der Waals surface area contributed by atoms with E-state index in [2.05, 4.69) is 0 Å². The number of amides is 1. The second-order valence-electron chi connectivity index (χ2n) is 6.59. The minimum absolute atomic E-state index is 0.161. The van der Waals surface area contributed by atoms with Crippen molar-refractivity contribution in [3.05, 3.63) is 101 Å². The highest BCUT2D eigenvalue weighted by atomic mass is 32.2. The van der Waals surface area contributed by atoms with Crippen LogP contribution in [-0.2, 0) is 23.2 Å². The minimum Gasteiger partial charge on any atom is -0.383 e. The Labute approximate surface area is 169 Å². The Morgan fingerprint density at radius 2 is 1.38 bits per heavy atom. The van der Waals surface area contributed by atoms with E-state index in [4.69, 9.17) is 4.18 Å². The maximum absolute atomic E-state index is 13.2. The highest BCUT2D eigenvalue weighted by molar-refractivity contribution is 7.86. The number of carbonyl (C=O) groups is 1. The zero-order chi connectivity index (χ0) is 20.9. The first-order valence-corrected chi connectivity index (χ1v) is 10.7. The molecule has 0 saturated carbocycles. The lowest BCUT2D eigenvalue weighted by atomic mass is 10.1.